The minimum Gasteiger partial charge on any atom is -0.478 e. The van der Waals surface area contributed by atoms with Crippen molar-refractivity contribution in [3.63, 3.8) is 0 Å². The number of nitrogens with zero attached hydrogens (tertiary/aromatic N) is 1. The van der Waals surface area contributed by atoms with Crippen LogP contribution in [0.3, 0.4) is 0 Å². The molecule has 0 unspecified atom stereocenters. The summed E-state index contributed by atoms with van der Waals surface area (Å²) in [5.41, 5.74) is 2.94. The number of aromatic nitrogens is 2. The molecule has 0 amide bonds. The van der Waals surface area contributed by atoms with Gasteiger partial charge in [0.1, 0.15) is 0 Å². The summed E-state index contributed by atoms with van der Waals surface area (Å²) < 4.78 is 6.51. The number of pyridine rings is 1. The Morgan fingerprint density at radius 1 is 1.24 bits per heavy atom. The highest BCUT2D eigenvalue weighted by atomic mass is 32.1. The predicted octanol–water partition coefficient (Wildman–Crippen LogP) is 3.83. The molecular formula is C16H16N2O2S. The topological polar surface area (TPSA) is 55.0 Å². The molecule has 0 saturated heterocycles. The van der Waals surface area contributed by atoms with E-state index in [1.807, 2.05) is 30.3 Å². The van der Waals surface area contributed by atoms with Gasteiger partial charge in [-0.2, -0.15) is 0 Å². The van der Waals surface area contributed by atoms with Crippen molar-refractivity contribution in [1.82, 2.24) is 9.97 Å². The van der Waals surface area contributed by atoms with E-state index in [4.69, 9.17) is 4.74 Å². The van der Waals surface area contributed by atoms with Crippen LogP contribution in [0.1, 0.15) is 19.8 Å². The Morgan fingerprint density at radius 2 is 2.10 bits per heavy atom. The minimum absolute atomic E-state index is 0.0278. The minimum atomic E-state index is -0.0278. The van der Waals surface area contributed by atoms with E-state index >= 15 is 0 Å². The van der Waals surface area contributed by atoms with E-state index < -0.39 is 0 Å². The van der Waals surface area contributed by atoms with Gasteiger partial charge in [-0.15, -0.1) is 0 Å². The zero-order valence-electron chi connectivity index (χ0n) is 11.8. The van der Waals surface area contributed by atoms with Gasteiger partial charge in [-0.1, -0.05) is 30.7 Å². The quantitative estimate of drug-likeness (QED) is 0.729. The molecule has 0 spiro atoms. The number of aromatic amines is 1. The van der Waals surface area contributed by atoms with Gasteiger partial charge in [-0.3, -0.25) is 4.79 Å². The molecule has 0 bridgehead atoms. The van der Waals surface area contributed by atoms with Crippen molar-refractivity contribution in [3.8, 4) is 17.0 Å². The first kappa shape index (κ1) is 13.8. The molecule has 1 N–H and O–H groups in total. The fourth-order valence-corrected chi connectivity index (χ4v) is 2.86. The Kier molecular flexibility index (Phi) is 4.01. The highest BCUT2D eigenvalue weighted by Gasteiger charge is 2.04. The van der Waals surface area contributed by atoms with Crippen LogP contribution in [0.25, 0.3) is 21.3 Å². The van der Waals surface area contributed by atoms with Crippen molar-refractivity contribution in [2.24, 2.45) is 0 Å². The summed E-state index contributed by atoms with van der Waals surface area (Å²) in [4.78, 5) is 18.4. The number of fused-ring (bicyclic) bond motifs is 1. The van der Waals surface area contributed by atoms with Crippen LogP contribution in [0.2, 0.25) is 0 Å². The number of H-pyrrole nitrogens is 1. The second-order valence-electron chi connectivity index (χ2n) is 4.81. The third-order valence-corrected chi connectivity index (χ3v) is 4.08. The molecular weight excluding hydrogens is 284 g/mol. The van der Waals surface area contributed by atoms with E-state index in [2.05, 4.69) is 16.9 Å². The molecule has 3 rings (SSSR count). The van der Waals surface area contributed by atoms with Crippen molar-refractivity contribution in [1.29, 1.82) is 0 Å². The van der Waals surface area contributed by atoms with Crippen LogP contribution >= 0.6 is 11.3 Å². The lowest BCUT2D eigenvalue weighted by atomic mass is 10.1. The first-order valence-corrected chi connectivity index (χ1v) is 7.80. The monoisotopic (exact) mass is 300 g/mol. The average molecular weight is 300 g/mol. The zero-order valence-corrected chi connectivity index (χ0v) is 12.6. The first-order valence-electron chi connectivity index (χ1n) is 6.98. The predicted molar refractivity (Wildman–Crippen MR) is 86.1 cm³/mol. The molecule has 0 aliphatic rings. The Morgan fingerprint density at radius 3 is 2.86 bits per heavy atom. The smallest absolute Gasteiger partial charge is 0.305 e. The van der Waals surface area contributed by atoms with Gasteiger partial charge < -0.3 is 9.72 Å². The molecule has 5 heteroatoms. The number of thiazole rings is 1. The standard InChI is InChI=1S/C16H16N2O2S/c1-2-3-8-20-15-7-5-12(10-17-15)11-4-6-13-14(9-11)21-16(19)18-13/h4-7,9-10H,2-3,8H2,1H3,(H,18,19). The van der Waals surface area contributed by atoms with E-state index in [1.165, 1.54) is 11.3 Å². The fourth-order valence-electron chi connectivity index (χ4n) is 2.08. The lowest BCUT2D eigenvalue weighted by Gasteiger charge is -2.05. The van der Waals surface area contributed by atoms with Gasteiger partial charge in [0.15, 0.2) is 0 Å². The molecule has 3 aromatic rings. The molecule has 0 saturated carbocycles. The highest BCUT2D eigenvalue weighted by Crippen LogP contribution is 2.25. The van der Waals surface area contributed by atoms with Crippen LogP contribution in [-0.2, 0) is 0 Å². The maximum absolute atomic E-state index is 11.3. The molecule has 4 nitrogen and oxygen atoms in total. The lowest BCUT2D eigenvalue weighted by Crippen LogP contribution is -1.98. The number of benzene rings is 1. The SMILES string of the molecule is CCCCOc1ccc(-c2ccc3[nH]c(=O)sc3c2)cn1. The number of hydrogen-bond acceptors (Lipinski definition) is 4. The Labute approximate surface area is 126 Å². The lowest BCUT2D eigenvalue weighted by molar-refractivity contribution is 0.298. The van der Waals surface area contributed by atoms with Crippen LogP contribution in [0, 0.1) is 0 Å². The molecule has 21 heavy (non-hydrogen) atoms. The summed E-state index contributed by atoms with van der Waals surface area (Å²) in [5, 5.41) is 0. The van der Waals surface area contributed by atoms with E-state index in [-0.39, 0.29) is 4.87 Å². The Hall–Kier alpha value is -2.14. The van der Waals surface area contributed by atoms with Crippen LogP contribution in [0.5, 0.6) is 5.88 Å². The molecule has 0 atom stereocenters. The number of hydrogen-bond donors (Lipinski definition) is 1. The van der Waals surface area contributed by atoms with Crippen LogP contribution in [0.15, 0.2) is 41.3 Å². The maximum atomic E-state index is 11.3. The summed E-state index contributed by atoms with van der Waals surface area (Å²) in [6.45, 7) is 2.83. The second kappa shape index (κ2) is 6.10. The third-order valence-electron chi connectivity index (χ3n) is 3.24. The van der Waals surface area contributed by atoms with Crippen molar-refractivity contribution in [2.75, 3.05) is 6.61 Å². The van der Waals surface area contributed by atoms with E-state index in [0.717, 1.165) is 34.2 Å². The number of ether oxygens (including phenoxy) is 1. The normalized spacial score (nSPS) is 10.9. The fraction of sp³-hybridized carbons (Fsp3) is 0.250. The number of unbranched alkanes of at least 4 members (excludes halogenated alkanes) is 1. The van der Waals surface area contributed by atoms with E-state index in [1.54, 1.807) is 6.20 Å². The molecule has 0 aliphatic carbocycles. The van der Waals surface area contributed by atoms with Gasteiger partial charge >= 0.3 is 4.87 Å². The summed E-state index contributed by atoms with van der Waals surface area (Å²) in [7, 11) is 0. The first-order chi connectivity index (χ1) is 10.3. The molecule has 1 aromatic carbocycles. The molecule has 0 fully saturated rings. The van der Waals surface area contributed by atoms with Gasteiger partial charge in [-0.05, 0) is 30.2 Å². The van der Waals surface area contributed by atoms with Gasteiger partial charge in [0.2, 0.25) is 5.88 Å². The summed E-state index contributed by atoms with van der Waals surface area (Å²) >= 11 is 1.22. The van der Waals surface area contributed by atoms with Crippen molar-refractivity contribution < 1.29 is 4.74 Å². The largest absolute Gasteiger partial charge is 0.478 e. The van der Waals surface area contributed by atoms with Crippen LogP contribution in [-0.4, -0.2) is 16.6 Å². The second-order valence-corrected chi connectivity index (χ2v) is 5.83. The van der Waals surface area contributed by atoms with Crippen LogP contribution in [0.4, 0.5) is 0 Å². The molecule has 2 aromatic heterocycles. The highest BCUT2D eigenvalue weighted by molar-refractivity contribution is 7.16. The number of nitrogens with one attached hydrogen (secondary N) is 1. The molecule has 108 valence electrons. The van der Waals surface area contributed by atoms with Gasteiger partial charge in [-0.25, -0.2) is 4.98 Å². The Bertz CT molecular complexity index is 790. The summed E-state index contributed by atoms with van der Waals surface area (Å²) in [5.74, 6) is 0.652. The van der Waals surface area contributed by atoms with Crippen LogP contribution < -0.4 is 9.61 Å². The molecule has 0 aliphatic heterocycles. The Balaban J connectivity index is 1.82. The van der Waals surface area contributed by atoms with Gasteiger partial charge in [0, 0.05) is 17.8 Å². The summed E-state index contributed by atoms with van der Waals surface area (Å²) in [6, 6.07) is 9.79. The average Bonchev–Trinajstić information content (AvgIpc) is 2.87. The number of rotatable bonds is 5. The maximum Gasteiger partial charge on any atom is 0.305 e. The van der Waals surface area contributed by atoms with Gasteiger partial charge in [0.05, 0.1) is 16.8 Å². The third kappa shape index (κ3) is 3.13. The van der Waals surface area contributed by atoms with Crippen molar-refractivity contribution in [2.45, 2.75) is 19.8 Å². The molecule has 0 radical (unpaired) electrons. The molecule has 2 heterocycles. The van der Waals surface area contributed by atoms with E-state index in [0.29, 0.717) is 12.5 Å². The van der Waals surface area contributed by atoms with Crippen molar-refractivity contribution >= 4 is 21.6 Å². The van der Waals surface area contributed by atoms with Crippen molar-refractivity contribution in [3.05, 3.63) is 46.2 Å². The summed E-state index contributed by atoms with van der Waals surface area (Å²) in [6.07, 6.45) is 3.95. The van der Waals surface area contributed by atoms with E-state index in [9.17, 15) is 4.79 Å². The zero-order chi connectivity index (χ0) is 14.7. The van der Waals surface area contributed by atoms with Gasteiger partial charge in [0.25, 0.3) is 0 Å².